The third-order valence-electron chi connectivity index (χ3n) is 3.26. The van der Waals surface area contributed by atoms with Gasteiger partial charge in [-0.2, -0.15) is 0 Å². The summed E-state index contributed by atoms with van der Waals surface area (Å²) in [4.78, 5) is 15.3. The van der Waals surface area contributed by atoms with Gasteiger partial charge < -0.3 is 9.53 Å². The van der Waals surface area contributed by atoms with Gasteiger partial charge >= 0.3 is 0 Å². The fraction of sp³-hybridized carbons (Fsp3) is 0.294. The maximum atomic E-state index is 10.8. The molecule has 0 amide bonds. The molecule has 3 nitrogen and oxygen atoms in total. The Labute approximate surface area is 119 Å². The van der Waals surface area contributed by atoms with Gasteiger partial charge in [-0.1, -0.05) is 37.3 Å². The molecule has 2 rings (SSSR count). The molecular formula is C17H19NO2. The molecule has 2 aromatic rings. The van der Waals surface area contributed by atoms with Gasteiger partial charge in [-0.3, -0.25) is 0 Å². The number of carbonyl (C=O) groups excluding carboxylic acids is 1. The molecule has 0 N–H and O–H groups in total. The Morgan fingerprint density at radius 1 is 1.20 bits per heavy atom. The zero-order valence-corrected chi connectivity index (χ0v) is 11.9. The number of rotatable bonds is 6. The van der Waals surface area contributed by atoms with Gasteiger partial charge in [0, 0.05) is 17.7 Å². The summed E-state index contributed by atoms with van der Waals surface area (Å²) in [5.74, 6) is 0.565. The Morgan fingerprint density at radius 2 is 1.95 bits per heavy atom. The molecule has 0 aliphatic rings. The van der Waals surface area contributed by atoms with E-state index in [-0.39, 0.29) is 0 Å². The lowest BCUT2D eigenvalue weighted by Crippen LogP contribution is -2.04. The number of ether oxygens (including phenoxy) is 1. The molecule has 1 aromatic heterocycles. The number of hydrogen-bond acceptors (Lipinski definition) is 3. The molecule has 104 valence electrons. The van der Waals surface area contributed by atoms with Crippen LogP contribution in [0.25, 0.3) is 0 Å². The molecule has 0 bridgehead atoms. The molecule has 0 fully saturated rings. The summed E-state index contributed by atoms with van der Waals surface area (Å²) >= 11 is 0. The second kappa shape index (κ2) is 6.85. The minimum absolute atomic E-state index is 0.338. The number of pyridine rings is 1. The van der Waals surface area contributed by atoms with Crippen LogP contribution >= 0.6 is 0 Å². The van der Waals surface area contributed by atoms with Crippen LogP contribution in [0.3, 0.4) is 0 Å². The fourth-order valence-corrected chi connectivity index (χ4v) is 2.12. The van der Waals surface area contributed by atoms with Crippen molar-refractivity contribution in [2.24, 2.45) is 0 Å². The highest BCUT2D eigenvalue weighted by Gasteiger charge is 2.09. The fourth-order valence-electron chi connectivity index (χ4n) is 2.12. The highest BCUT2D eigenvalue weighted by atomic mass is 16.5. The quantitative estimate of drug-likeness (QED) is 0.755. The van der Waals surface area contributed by atoms with E-state index in [1.54, 1.807) is 0 Å². The molecule has 20 heavy (non-hydrogen) atoms. The largest absolute Gasteiger partial charge is 0.473 e. The third-order valence-corrected chi connectivity index (χ3v) is 3.26. The molecule has 0 spiro atoms. The Hall–Kier alpha value is -2.16. The maximum absolute atomic E-state index is 10.8. The molecule has 3 heteroatoms. The SMILES string of the molecule is CCc1cc(CC=O)c(OCc2ccccc2)nc1C. The molecule has 0 saturated carbocycles. The third kappa shape index (κ3) is 3.44. The normalized spacial score (nSPS) is 10.3. The first kappa shape index (κ1) is 14.3. The summed E-state index contributed by atoms with van der Waals surface area (Å²) in [5.41, 5.74) is 4.07. The van der Waals surface area contributed by atoms with E-state index < -0.39 is 0 Å². The number of aromatic nitrogens is 1. The van der Waals surface area contributed by atoms with Crippen LogP contribution < -0.4 is 4.74 Å². The van der Waals surface area contributed by atoms with Gasteiger partial charge in [0.1, 0.15) is 12.9 Å². The van der Waals surface area contributed by atoms with Gasteiger partial charge in [0.05, 0.1) is 0 Å². The highest BCUT2D eigenvalue weighted by molar-refractivity contribution is 5.57. The molecule has 0 aliphatic heterocycles. The zero-order chi connectivity index (χ0) is 14.4. The van der Waals surface area contributed by atoms with Crippen molar-refractivity contribution in [3.8, 4) is 5.88 Å². The van der Waals surface area contributed by atoms with Gasteiger partial charge in [-0.05, 0) is 30.5 Å². The highest BCUT2D eigenvalue weighted by Crippen LogP contribution is 2.21. The van der Waals surface area contributed by atoms with Gasteiger partial charge in [0.15, 0.2) is 0 Å². The molecule has 0 unspecified atom stereocenters. The summed E-state index contributed by atoms with van der Waals surface area (Å²) < 4.78 is 5.79. The summed E-state index contributed by atoms with van der Waals surface area (Å²) in [6.45, 7) is 4.52. The topological polar surface area (TPSA) is 39.2 Å². The summed E-state index contributed by atoms with van der Waals surface area (Å²) in [5, 5.41) is 0. The number of hydrogen-bond donors (Lipinski definition) is 0. The van der Waals surface area contributed by atoms with Crippen LogP contribution in [0, 0.1) is 6.92 Å². The number of aldehydes is 1. The monoisotopic (exact) mass is 269 g/mol. The average molecular weight is 269 g/mol. The van der Waals surface area contributed by atoms with Crippen LogP contribution in [0.15, 0.2) is 36.4 Å². The van der Waals surface area contributed by atoms with E-state index in [1.807, 2.05) is 43.3 Å². The lowest BCUT2D eigenvalue weighted by Gasteiger charge is -2.12. The van der Waals surface area contributed by atoms with Crippen molar-refractivity contribution in [3.05, 3.63) is 58.8 Å². The zero-order valence-electron chi connectivity index (χ0n) is 11.9. The Balaban J connectivity index is 2.21. The van der Waals surface area contributed by atoms with E-state index in [2.05, 4.69) is 11.9 Å². The van der Waals surface area contributed by atoms with Crippen molar-refractivity contribution in [3.63, 3.8) is 0 Å². The van der Waals surface area contributed by atoms with E-state index in [0.29, 0.717) is 18.9 Å². The van der Waals surface area contributed by atoms with Crippen LogP contribution in [0.5, 0.6) is 5.88 Å². The van der Waals surface area contributed by atoms with Crippen LogP contribution in [-0.2, 0) is 24.2 Å². The molecule has 0 atom stereocenters. The maximum Gasteiger partial charge on any atom is 0.217 e. The molecule has 0 aliphatic carbocycles. The Kier molecular flexibility index (Phi) is 4.88. The van der Waals surface area contributed by atoms with Crippen molar-refractivity contribution in [1.82, 2.24) is 4.98 Å². The van der Waals surface area contributed by atoms with Crippen molar-refractivity contribution >= 4 is 6.29 Å². The Bertz CT molecular complexity index is 579. The number of nitrogens with zero attached hydrogens (tertiary/aromatic N) is 1. The van der Waals surface area contributed by atoms with Crippen LogP contribution in [0.4, 0.5) is 0 Å². The second-order valence-electron chi connectivity index (χ2n) is 4.70. The molecular weight excluding hydrogens is 250 g/mol. The van der Waals surface area contributed by atoms with Crippen LogP contribution in [0.2, 0.25) is 0 Å². The first-order valence-electron chi connectivity index (χ1n) is 6.84. The first-order chi connectivity index (χ1) is 9.74. The van der Waals surface area contributed by atoms with Crippen molar-refractivity contribution in [2.45, 2.75) is 33.3 Å². The van der Waals surface area contributed by atoms with E-state index in [9.17, 15) is 4.79 Å². The minimum atomic E-state index is 0.338. The average Bonchev–Trinajstić information content (AvgIpc) is 2.48. The van der Waals surface area contributed by atoms with Gasteiger partial charge in [-0.25, -0.2) is 4.98 Å². The molecule has 1 aromatic carbocycles. The predicted octanol–water partition coefficient (Wildman–Crippen LogP) is 3.27. The molecule has 1 heterocycles. The lowest BCUT2D eigenvalue weighted by molar-refractivity contribution is -0.107. The van der Waals surface area contributed by atoms with E-state index in [1.165, 1.54) is 0 Å². The summed E-state index contributed by atoms with van der Waals surface area (Å²) in [6.07, 6.45) is 2.13. The number of aryl methyl sites for hydroxylation is 2. The second-order valence-corrected chi connectivity index (χ2v) is 4.70. The Morgan fingerprint density at radius 3 is 2.60 bits per heavy atom. The predicted molar refractivity (Wildman–Crippen MR) is 78.9 cm³/mol. The van der Waals surface area contributed by atoms with Crippen LogP contribution in [0.1, 0.15) is 29.3 Å². The van der Waals surface area contributed by atoms with Gasteiger partial charge in [0.2, 0.25) is 5.88 Å². The first-order valence-corrected chi connectivity index (χ1v) is 6.84. The van der Waals surface area contributed by atoms with Gasteiger partial charge in [0.25, 0.3) is 0 Å². The standard InChI is InChI=1S/C17H19NO2/c1-3-15-11-16(9-10-19)17(18-13(15)2)20-12-14-7-5-4-6-8-14/h4-8,10-11H,3,9,12H2,1-2H3. The van der Waals surface area contributed by atoms with Crippen molar-refractivity contribution in [1.29, 1.82) is 0 Å². The lowest BCUT2D eigenvalue weighted by atomic mass is 10.1. The number of carbonyl (C=O) groups is 1. The van der Waals surface area contributed by atoms with E-state index >= 15 is 0 Å². The van der Waals surface area contributed by atoms with E-state index in [0.717, 1.165) is 35.1 Å². The van der Waals surface area contributed by atoms with Crippen LogP contribution in [-0.4, -0.2) is 11.3 Å². The minimum Gasteiger partial charge on any atom is -0.473 e. The summed E-state index contributed by atoms with van der Waals surface area (Å²) in [7, 11) is 0. The van der Waals surface area contributed by atoms with Gasteiger partial charge in [-0.15, -0.1) is 0 Å². The summed E-state index contributed by atoms with van der Waals surface area (Å²) in [6, 6.07) is 12.0. The van der Waals surface area contributed by atoms with Crippen molar-refractivity contribution < 1.29 is 9.53 Å². The van der Waals surface area contributed by atoms with E-state index in [4.69, 9.17) is 4.74 Å². The van der Waals surface area contributed by atoms with Crippen molar-refractivity contribution in [2.75, 3.05) is 0 Å². The molecule has 0 radical (unpaired) electrons. The number of benzene rings is 1. The smallest absolute Gasteiger partial charge is 0.217 e. The molecule has 0 saturated heterocycles.